The smallest absolute Gasteiger partial charge is 0.118 e. The van der Waals surface area contributed by atoms with Crippen LogP contribution in [-0.2, 0) is 18.9 Å². The first-order valence-corrected chi connectivity index (χ1v) is 6.82. The molecule has 112 valence electrons. The van der Waals surface area contributed by atoms with Gasteiger partial charge in [0, 0.05) is 0 Å². The second-order valence-corrected chi connectivity index (χ2v) is 4.51. The minimum Gasteiger partial charge on any atom is -0.499 e. The number of allylic oxidation sites excluding steroid dienone is 2. The molecule has 0 N–H and O–H groups in total. The molecule has 0 heterocycles. The molecule has 0 radical (unpaired) electrons. The van der Waals surface area contributed by atoms with Crippen molar-refractivity contribution < 1.29 is 18.9 Å². The quantitative estimate of drug-likeness (QED) is 0.541. The molecule has 19 heavy (non-hydrogen) atoms. The highest BCUT2D eigenvalue weighted by Crippen LogP contribution is 2.01. The minimum absolute atomic E-state index is 0.0424. The molecule has 3 unspecified atom stereocenters. The second kappa shape index (κ2) is 12.1. The van der Waals surface area contributed by atoms with Crippen LogP contribution in [0.1, 0.15) is 34.6 Å². The molecule has 0 saturated heterocycles. The lowest BCUT2D eigenvalue weighted by molar-refractivity contribution is -0.0646. The summed E-state index contributed by atoms with van der Waals surface area (Å²) in [4.78, 5) is 0. The zero-order valence-electron chi connectivity index (χ0n) is 12.8. The predicted octanol–water partition coefficient (Wildman–Crippen LogP) is 3.29. The molecule has 4 heteroatoms. The Hall–Kier alpha value is -1.00. The van der Waals surface area contributed by atoms with Crippen LogP contribution in [0.2, 0.25) is 0 Å². The van der Waals surface area contributed by atoms with E-state index in [2.05, 4.69) is 0 Å². The lowest BCUT2D eigenvalue weighted by Crippen LogP contribution is -2.25. The van der Waals surface area contributed by atoms with Gasteiger partial charge in [-0.2, -0.15) is 0 Å². The van der Waals surface area contributed by atoms with E-state index < -0.39 is 0 Å². The molecule has 0 amide bonds. The highest BCUT2D eigenvalue weighted by atomic mass is 16.6. The van der Waals surface area contributed by atoms with Crippen molar-refractivity contribution in [1.82, 2.24) is 0 Å². The fourth-order valence-electron chi connectivity index (χ4n) is 1.24. The summed E-state index contributed by atoms with van der Waals surface area (Å²) < 4.78 is 21.9. The highest BCUT2D eigenvalue weighted by molar-refractivity contribution is 4.68. The monoisotopic (exact) mass is 272 g/mol. The van der Waals surface area contributed by atoms with Gasteiger partial charge in [0.25, 0.3) is 0 Å². The van der Waals surface area contributed by atoms with Crippen LogP contribution >= 0.6 is 0 Å². The van der Waals surface area contributed by atoms with E-state index in [-0.39, 0.29) is 18.3 Å². The first-order chi connectivity index (χ1) is 9.10. The topological polar surface area (TPSA) is 36.9 Å². The Morgan fingerprint density at radius 3 is 1.84 bits per heavy atom. The lowest BCUT2D eigenvalue weighted by Gasteiger charge is -2.19. The van der Waals surface area contributed by atoms with Crippen LogP contribution < -0.4 is 0 Å². The molecule has 0 aliphatic heterocycles. The Bertz CT molecular complexity index is 251. The third-order valence-electron chi connectivity index (χ3n) is 2.24. The highest BCUT2D eigenvalue weighted by Gasteiger charge is 2.09. The van der Waals surface area contributed by atoms with Gasteiger partial charge in [-0.25, -0.2) is 0 Å². The fourth-order valence-corrected chi connectivity index (χ4v) is 1.24. The van der Waals surface area contributed by atoms with E-state index in [1.165, 1.54) is 0 Å². The van der Waals surface area contributed by atoms with Gasteiger partial charge in [-0.15, -0.1) is 0 Å². The summed E-state index contributed by atoms with van der Waals surface area (Å²) >= 11 is 0. The number of rotatable bonds is 11. The molecule has 0 bridgehead atoms. The predicted molar refractivity (Wildman–Crippen MR) is 77.0 cm³/mol. The molecule has 0 aromatic heterocycles. The van der Waals surface area contributed by atoms with Gasteiger partial charge in [-0.1, -0.05) is 12.2 Å². The molecule has 0 spiro atoms. The van der Waals surface area contributed by atoms with Crippen molar-refractivity contribution in [2.24, 2.45) is 0 Å². The number of hydrogen-bond acceptors (Lipinski definition) is 4. The molecule has 0 aromatic rings. The van der Waals surface area contributed by atoms with Crippen molar-refractivity contribution in [2.45, 2.75) is 52.9 Å². The van der Waals surface area contributed by atoms with Crippen LogP contribution in [0.3, 0.4) is 0 Å². The lowest BCUT2D eigenvalue weighted by atomic mass is 10.4. The maximum absolute atomic E-state index is 5.64. The summed E-state index contributed by atoms with van der Waals surface area (Å²) in [6.45, 7) is 11.4. The fraction of sp³-hybridized carbons (Fsp3) is 0.733. The van der Waals surface area contributed by atoms with Crippen molar-refractivity contribution in [3.8, 4) is 0 Å². The van der Waals surface area contributed by atoms with E-state index in [0.29, 0.717) is 19.8 Å². The van der Waals surface area contributed by atoms with E-state index in [1.54, 1.807) is 12.5 Å². The summed E-state index contributed by atoms with van der Waals surface area (Å²) in [5, 5.41) is 0. The van der Waals surface area contributed by atoms with Crippen molar-refractivity contribution >= 4 is 0 Å². The molecule has 3 atom stereocenters. The van der Waals surface area contributed by atoms with Gasteiger partial charge in [0.05, 0.1) is 37.9 Å². The van der Waals surface area contributed by atoms with Crippen LogP contribution in [0.4, 0.5) is 0 Å². The average molecular weight is 272 g/mol. The molecule has 0 saturated carbocycles. The third kappa shape index (κ3) is 11.8. The van der Waals surface area contributed by atoms with Crippen LogP contribution in [0.5, 0.6) is 0 Å². The van der Waals surface area contributed by atoms with E-state index in [4.69, 9.17) is 18.9 Å². The summed E-state index contributed by atoms with van der Waals surface area (Å²) in [7, 11) is 0. The van der Waals surface area contributed by atoms with Crippen molar-refractivity contribution in [3.05, 3.63) is 24.7 Å². The summed E-state index contributed by atoms with van der Waals surface area (Å²) in [5.41, 5.74) is 0. The second-order valence-electron chi connectivity index (χ2n) is 4.51. The van der Waals surface area contributed by atoms with Crippen LogP contribution in [-0.4, -0.2) is 38.1 Å². The van der Waals surface area contributed by atoms with Gasteiger partial charge in [-0.3, -0.25) is 0 Å². The van der Waals surface area contributed by atoms with Gasteiger partial charge in [0.2, 0.25) is 0 Å². The van der Waals surface area contributed by atoms with E-state index >= 15 is 0 Å². The first-order valence-electron chi connectivity index (χ1n) is 6.82. The van der Waals surface area contributed by atoms with Crippen LogP contribution in [0.15, 0.2) is 24.7 Å². The van der Waals surface area contributed by atoms with Gasteiger partial charge in [0.1, 0.15) is 12.7 Å². The van der Waals surface area contributed by atoms with Gasteiger partial charge < -0.3 is 18.9 Å². The Morgan fingerprint density at radius 2 is 1.26 bits per heavy atom. The largest absolute Gasteiger partial charge is 0.499 e. The van der Waals surface area contributed by atoms with Crippen LogP contribution in [0.25, 0.3) is 0 Å². The number of hydrogen-bond donors (Lipinski definition) is 0. The van der Waals surface area contributed by atoms with Crippen molar-refractivity contribution in [3.63, 3.8) is 0 Å². The zero-order chi connectivity index (χ0) is 14.5. The molecule has 0 aliphatic rings. The summed E-state index contributed by atoms with van der Waals surface area (Å²) in [5.74, 6) is 0. The summed E-state index contributed by atoms with van der Waals surface area (Å²) in [6.07, 6.45) is 7.20. The molecule has 0 aliphatic carbocycles. The molecule has 0 fully saturated rings. The van der Waals surface area contributed by atoms with Gasteiger partial charge in [0.15, 0.2) is 0 Å². The Balaban J connectivity index is 3.59. The van der Waals surface area contributed by atoms with E-state index in [1.807, 2.05) is 46.8 Å². The molecular weight excluding hydrogens is 244 g/mol. The molecule has 0 rings (SSSR count). The Morgan fingerprint density at radius 1 is 0.737 bits per heavy atom. The summed E-state index contributed by atoms with van der Waals surface area (Å²) in [6, 6.07) is 0. The van der Waals surface area contributed by atoms with Gasteiger partial charge >= 0.3 is 0 Å². The van der Waals surface area contributed by atoms with Crippen molar-refractivity contribution in [1.29, 1.82) is 0 Å². The number of ether oxygens (including phenoxy) is 4. The van der Waals surface area contributed by atoms with Crippen LogP contribution in [0, 0.1) is 0 Å². The third-order valence-corrected chi connectivity index (χ3v) is 2.24. The zero-order valence-corrected chi connectivity index (χ0v) is 12.8. The molecular formula is C15H28O4. The Kier molecular flexibility index (Phi) is 11.4. The Labute approximate surface area is 117 Å². The molecule has 4 nitrogen and oxygen atoms in total. The maximum atomic E-state index is 5.64. The first kappa shape index (κ1) is 18.0. The normalized spacial score (nSPS) is 16.7. The van der Waals surface area contributed by atoms with Crippen molar-refractivity contribution in [2.75, 3.05) is 19.8 Å². The van der Waals surface area contributed by atoms with E-state index in [0.717, 1.165) is 0 Å². The minimum atomic E-state index is 0.0424. The SMILES string of the molecule is CC=COCC(C)OCC(C)OCC(C)OC=CC. The van der Waals surface area contributed by atoms with E-state index in [9.17, 15) is 0 Å². The van der Waals surface area contributed by atoms with Gasteiger partial charge in [-0.05, 0) is 34.6 Å². The average Bonchev–Trinajstić information content (AvgIpc) is 2.40. The molecule has 0 aromatic carbocycles. The maximum Gasteiger partial charge on any atom is 0.118 e. The standard InChI is InChI=1S/C15H28O4/c1-6-8-16-10-13(3)18-12-15(5)19-11-14(4)17-9-7-2/h6-9,13-15H,10-12H2,1-5H3.